The standard InChI is InChI=1S/C23H27NO7/c1-5-12-30-17-8-6-16(7-9-17)18(25)10-11-20(27)31-13-19(26)22-14(2)21(15(3)24-22)23(28)29-4/h6-9,24H,5,10-13H2,1-4H3. The fraction of sp³-hybridized carbons (Fsp3) is 0.391. The van der Waals surface area contributed by atoms with E-state index in [1.165, 1.54) is 7.11 Å². The lowest BCUT2D eigenvalue weighted by atomic mass is 10.1. The first-order chi connectivity index (χ1) is 14.8. The minimum Gasteiger partial charge on any atom is -0.494 e. The quantitative estimate of drug-likeness (QED) is 0.429. The van der Waals surface area contributed by atoms with Gasteiger partial charge in [0, 0.05) is 17.7 Å². The van der Waals surface area contributed by atoms with Gasteiger partial charge in [0.1, 0.15) is 5.75 Å². The number of H-pyrrole nitrogens is 1. The smallest absolute Gasteiger partial charge is 0.339 e. The summed E-state index contributed by atoms with van der Waals surface area (Å²) < 4.78 is 15.2. The number of aromatic nitrogens is 1. The van der Waals surface area contributed by atoms with Crippen LogP contribution in [0, 0.1) is 13.8 Å². The fourth-order valence-electron chi connectivity index (χ4n) is 3.04. The number of rotatable bonds is 11. The summed E-state index contributed by atoms with van der Waals surface area (Å²) in [5.74, 6) is -1.20. The minimum absolute atomic E-state index is 0.0324. The van der Waals surface area contributed by atoms with Crippen LogP contribution in [0.15, 0.2) is 24.3 Å². The SMILES string of the molecule is CCCOc1ccc(C(=O)CCC(=O)OCC(=O)c2[nH]c(C)c(C(=O)OC)c2C)cc1. The van der Waals surface area contributed by atoms with Crippen molar-refractivity contribution in [3.05, 3.63) is 52.3 Å². The van der Waals surface area contributed by atoms with Gasteiger partial charge in [0.15, 0.2) is 12.4 Å². The topological polar surface area (TPSA) is 112 Å². The van der Waals surface area contributed by atoms with E-state index in [0.717, 1.165) is 6.42 Å². The Balaban J connectivity index is 1.85. The molecule has 8 nitrogen and oxygen atoms in total. The van der Waals surface area contributed by atoms with Crippen molar-refractivity contribution in [2.24, 2.45) is 0 Å². The van der Waals surface area contributed by atoms with E-state index in [1.807, 2.05) is 6.92 Å². The number of carbonyl (C=O) groups excluding carboxylic acids is 4. The fourth-order valence-corrected chi connectivity index (χ4v) is 3.04. The van der Waals surface area contributed by atoms with Gasteiger partial charge >= 0.3 is 11.9 Å². The van der Waals surface area contributed by atoms with E-state index in [9.17, 15) is 19.2 Å². The van der Waals surface area contributed by atoms with Gasteiger partial charge in [-0.05, 0) is 50.1 Å². The number of carbonyl (C=O) groups is 4. The minimum atomic E-state index is -0.654. The van der Waals surface area contributed by atoms with Gasteiger partial charge in [-0.2, -0.15) is 0 Å². The summed E-state index contributed by atoms with van der Waals surface area (Å²) in [5.41, 5.74) is 1.88. The Labute approximate surface area is 180 Å². The monoisotopic (exact) mass is 429 g/mol. The Morgan fingerprint density at radius 1 is 0.968 bits per heavy atom. The van der Waals surface area contributed by atoms with Crippen molar-refractivity contribution in [2.75, 3.05) is 20.3 Å². The molecule has 0 radical (unpaired) electrons. The Kier molecular flexibility index (Phi) is 8.54. The molecule has 0 bridgehead atoms. The number of ether oxygens (including phenoxy) is 3. The summed E-state index contributed by atoms with van der Waals surface area (Å²) in [5, 5.41) is 0. The molecule has 2 aromatic rings. The van der Waals surface area contributed by atoms with Gasteiger partial charge in [-0.25, -0.2) is 4.79 Å². The maximum Gasteiger partial charge on any atom is 0.339 e. The van der Waals surface area contributed by atoms with E-state index >= 15 is 0 Å². The van der Waals surface area contributed by atoms with Gasteiger partial charge < -0.3 is 19.2 Å². The highest BCUT2D eigenvalue weighted by atomic mass is 16.5. The first kappa shape index (κ1) is 23.9. The number of benzene rings is 1. The number of hydrogen-bond acceptors (Lipinski definition) is 7. The molecule has 0 saturated heterocycles. The van der Waals surface area contributed by atoms with Gasteiger partial charge in [0.25, 0.3) is 0 Å². The summed E-state index contributed by atoms with van der Waals surface area (Å²) >= 11 is 0. The number of methoxy groups -OCH3 is 1. The number of nitrogens with one attached hydrogen (secondary N) is 1. The van der Waals surface area contributed by atoms with Crippen LogP contribution in [0.2, 0.25) is 0 Å². The molecule has 0 fully saturated rings. The third kappa shape index (κ3) is 6.28. The first-order valence-electron chi connectivity index (χ1n) is 10.0. The molecule has 1 aromatic heterocycles. The lowest BCUT2D eigenvalue weighted by molar-refractivity contribution is -0.142. The maximum atomic E-state index is 12.4. The highest BCUT2D eigenvalue weighted by molar-refractivity contribution is 6.02. The Morgan fingerprint density at radius 2 is 1.65 bits per heavy atom. The Morgan fingerprint density at radius 3 is 2.26 bits per heavy atom. The highest BCUT2D eigenvalue weighted by Gasteiger charge is 2.23. The van der Waals surface area contributed by atoms with Crippen molar-refractivity contribution >= 4 is 23.5 Å². The van der Waals surface area contributed by atoms with Crippen LogP contribution in [0.4, 0.5) is 0 Å². The second-order valence-electron chi connectivity index (χ2n) is 7.00. The van der Waals surface area contributed by atoms with Crippen molar-refractivity contribution in [1.82, 2.24) is 4.98 Å². The zero-order valence-corrected chi connectivity index (χ0v) is 18.2. The summed E-state index contributed by atoms with van der Waals surface area (Å²) in [6.45, 7) is 5.38. The lowest BCUT2D eigenvalue weighted by Gasteiger charge is -2.06. The second kappa shape index (κ2) is 11.1. The molecule has 0 amide bonds. The normalized spacial score (nSPS) is 10.5. The average Bonchev–Trinajstić information content (AvgIpc) is 3.08. The van der Waals surface area contributed by atoms with E-state index in [-0.39, 0.29) is 29.9 Å². The zero-order chi connectivity index (χ0) is 23.0. The van der Waals surface area contributed by atoms with E-state index in [0.29, 0.717) is 29.2 Å². The van der Waals surface area contributed by atoms with Gasteiger partial charge in [-0.1, -0.05) is 6.92 Å². The molecule has 0 saturated carbocycles. The number of esters is 2. The largest absolute Gasteiger partial charge is 0.494 e. The van der Waals surface area contributed by atoms with Gasteiger partial charge in [-0.3, -0.25) is 14.4 Å². The van der Waals surface area contributed by atoms with Crippen molar-refractivity contribution in [3.63, 3.8) is 0 Å². The van der Waals surface area contributed by atoms with Crippen LogP contribution in [0.5, 0.6) is 5.75 Å². The molecule has 0 aliphatic heterocycles. The highest BCUT2D eigenvalue weighted by Crippen LogP contribution is 2.19. The molecular weight excluding hydrogens is 402 g/mol. The predicted octanol–water partition coefficient (Wildman–Crippen LogP) is 3.60. The number of aromatic amines is 1. The van der Waals surface area contributed by atoms with Crippen LogP contribution in [-0.4, -0.2) is 48.8 Å². The van der Waals surface area contributed by atoms with Crippen LogP contribution >= 0.6 is 0 Å². The van der Waals surface area contributed by atoms with Crippen molar-refractivity contribution in [1.29, 1.82) is 0 Å². The molecule has 2 rings (SSSR count). The molecule has 0 aliphatic rings. The van der Waals surface area contributed by atoms with Crippen LogP contribution in [-0.2, 0) is 14.3 Å². The van der Waals surface area contributed by atoms with Crippen LogP contribution in [0.25, 0.3) is 0 Å². The third-order valence-corrected chi connectivity index (χ3v) is 4.68. The van der Waals surface area contributed by atoms with E-state index in [4.69, 9.17) is 14.2 Å². The number of aryl methyl sites for hydroxylation is 1. The Hall–Kier alpha value is -3.42. The van der Waals surface area contributed by atoms with E-state index < -0.39 is 24.3 Å². The molecule has 1 N–H and O–H groups in total. The number of Topliss-reactive ketones (excluding diaryl/α,β-unsaturated/α-hetero) is 2. The molecule has 31 heavy (non-hydrogen) atoms. The second-order valence-corrected chi connectivity index (χ2v) is 7.00. The molecule has 0 unspecified atom stereocenters. The lowest BCUT2D eigenvalue weighted by Crippen LogP contribution is -2.16. The first-order valence-corrected chi connectivity index (χ1v) is 10.0. The number of ketones is 2. The van der Waals surface area contributed by atoms with E-state index in [1.54, 1.807) is 38.1 Å². The van der Waals surface area contributed by atoms with E-state index in [2.05, 4.69) is 4.98 Å². The Bertz CT molecular complexity index is 957. The van der Waals surface area contributed by atoms with Crippen LogP contribution in [0.3, 0.4) is 0 Å². The van der Waals surface area contributed by atoms with Crippen LogP contribution < -0.4 is 4.74 Å². The molecule has 166 valence electrons. The van der Waals surface area contributed by atoms with Gasteiger partial charge in [0.2, 0.25) is 5.78 Å². The van der Waals surface area contributed by atoms with Crippen molar-refractivity contribution < 1.29 is 33.4 Å². The zero-order valence-electron chi connectivity index (χ0n) is 18.2. The predicted molar refractivity (Wildman–Crippen MR) is 113 cm³/mol. The van der Waals surface area contributed by atoms with Crippen LogP contribution in [0.1, 0.15) is 68.6 Å². The maximum absolute atomic E-state index is 12.4. The summed E-state index contributed by atoms with van der Waals surface area (Å²) in [6.07, 6.45) is 0.715. The van der Waals surface area contributed by atoms with Gasteiger partial charge in [-0.15, -0.1) is 0 Å². The molecule has 8 heteroatoms. The number of hydrogen-bond donors (Lipinski definition) is 1. The molecular formula is C23H27NO7. The summed E-state index contributed by atoms with van der Waals surface area (Å²) in [6, 6.07) is 6.72. The molecule has 0 aliphatic carbocycles. The average molecular weight is 429 g/mol. The molecule has 1 aromatic carbocycles. The molecule has 0 spiro atoms. The van der Waals surface area contributed by atoms with Gasteiger partial charge in [0.05, 0.1) is 31.4 Å². The molecule has 1 heterocycles. The van der Waals surface area contributed by atoms with Crippen molar-refractivity contribution in [2.45, 2.75) is 40.0 Å². The molecule has 0 atom stereocenters. The third-order valence-electron chi connectivity index (χ3n) is 4.68. The summed E-state index contributed by atoms with van der Waals surface area (Å²) in [7, 11) is 1.26. The summed E-state index contributed by atoms with van der Waals surface area (Å²) in [4.78, 5) is 51.2. The van der Waals surface area contributed by atoms with Crippen molar-refractivity contribution in [3.8, 4) is 5.75 Å².